The molecule has 0 fully saturated rings. The molecule has 0 aliphatic heterocycles. The summed E-state index contributed by atoms with van der Waals surface area (Å²) in [6, 6.07) is 1.42. The van der Waals surface area contributed by atoms with Gasteiger partial charge >= 0.3 is 0 Å². The van der Waals surface area contributed by atoms with Crippen LogP contribution >= 0.6 is 0 Å². The summed E-state index contributed by atoms with van der Waals surface area (Å²) in [5, 5.41) is 18.1. The molecule has 1 aromatic rings. The molecule has 0 unspecified atom stereocenters. The molecule has 0 saturated heterocycles. The van der Waals surface area contributed by atoms with Crippen molar-refractivity contribution in [2.24, 2.45) is 0 Å². The first-order chi connectivity index (χ1) is 4.66. The Morgan fingerprint density at radius 2 is 2.10 bits per heavy atom. The third-order valence-corrected chi connectivity index (χ3v) is 1.28. The highest BCUT2D eigenvalue weighted by molar-refractivity contribution is 5.32. The summed E-state index contributed by atoms with van der Waals surface area (Å²) in [5.74, 6) is -0.169. The van der Waals surface area contributed by atoms with E-state index in [1.165, 1.54) is 13.2 Å². The van der Waals surface area contributed by atoms with Gasteiger partial charge in [-0.05, 0) is 6.92 Å². The first-order valence-electron chi connectivity index (χ1n) is 2.81. The molecule has 1 rings (SSSR count). The standard InChI is InChI=1S/C6H9NO3/c1-4-3-5(8)7(10-2)6(4)9/h3,8-9H,1-2H3. The van der Waals surface area contributed by atoms with E-state index in [4.69, 9.17) is 10.2 Å². The summed E-state index contributed by atoms with van der Waals surface area (Å²) < 4.78 is 0.940. The normalized spacial score (nSPS) is 9.80. The predicted molar refractivity (Wildman–Crippen MR) is 35.0 cm³/mol. The van der Waals surface area contributed by atoms with Crippen molar-refractivity contribution in [1.82, 2.24) is 4.73 Å². The van der Waals surface area contributed by atoms with Crippen LogP contribution in [0.5, 0.6) is 11.8 Å². The van der Waals surface area contributed by atoms with Gasteiger partial charge in [0.2, 0.25) is 11.8 Å². The van der Waals surface area contributed by atoms with Crippen LogP contribution in [0.4, 0.5) is 0 Å². The summed E-state index contributed by atoms with van der Waals surface area (Å²) >= 11 is 0. The van der Waals surface area contributed by atoms with Gasteiger partial charge in [0.05, 0.1) is 0 Å². The van der Waals surface area contributed by atoms with Crippen LogP contribution in [0.3, 0.4) is 0 Å². The Morgan fingerprint density at radius 1 is 1.50 bits per heavy atom. The van der Waals surface area contributed by atoms with Crippen LogP contribution in [-0.2, 0) is 0 Å². The van der Waals surface area contributed by atoms with Crippen LogP contribution in [0.1, 0.15) is 5.56 Å². The molecule has 0 radical (unpaired) electrons. The Kier molecular flexibility index (Phi) is 1.45. The number of rotatable bonds is 1. The van der Waals surface area contributed by atoms with E-state index < -0.39 is 0 Å². The van der Waals surface area contributed by atoms with Crippen molar-refractivity contribution in [3.05, 3.63) is 11.6 Å². The zero-order valence-electron chi connectivity index (χ0n) is 5.83. The molecule has 0 amide bonds. The maximum atomic E-state index is 9.10. The minimum atomic E-state index is -0.0995. The smallest absolute Gasteiger partial charge is 0.232 e. The topological polar surface area (TPSA) is 54.6 Å². The summed E-state index contributed by atoms with van der Waals surface area (Å²) in [7, 11) is 1.36. The largest absolute Gasteiger partial charge is 0.492 e. The number of aromatic nitrogens is 1. The molecule has 1 aromatic heterocycles. The lowest BCUT2D eigenvalue weighted by molar-refractivity contribution is 0.119. The fourth-order valence-corrected chi connectivity index (χ4v) is 0.765. The van der Waals surface area contributed by atoms with Crippen LogP contribution in [0, 0.1) is 6.92 Å². The highest BCUT2D eigenvalue weighted by Crippen LogP contribution is 2.24. The minimum Gasteiger partial charge on any atom is -0.492 e. The SMILES string of the molecule is COn1c(O)cc(C)c1O. The molecular formula is C6H9NO3. The lowest BCUT2D eigenvalue weighted by Gasteiger charge is -2.01. The average Bonchev–Trinajstić information content (AvgIpc) is 2.09. The lowest BCUT2D eigenvalue weighted by Crippen LogP contribution is -2.03. The third kappa shape index (κ3) is 0.775. The zero-order valence-corrected chi connectivity index (χ0v) is 5.83. The molecule has 4 heteroatoms. The molecule has 0 saturated carbocycles. The molecule has 56 valence electrons. The molecule has 2 N–H and O–H groups in total. The molecule has 0 aliphatic carbocycles. The highest BCUT2D eigenvalue weighted by atomic mass is 16.7. The Labute approximate surface area is 58.2 Å². The van der Waals surface area contributed by atoms with E-state index in [2.05, 4.69) is 4.84 Å². The molecule has 0 bridgehead atoms. The summed E-state index contributed by atoms with van der Waals surface area (Å²) in [4.78, 5) is 4.61. The van der Waals surface area contributed by atoms with E-state index in [-0.39, 0.29) is 11.8 Å². The van der Waals surface area contributed by atoms with Gasteiger partial charge in [0, 0.05) is 11.6 Å². The molecule has 0 aromatic carbocycles. The van der Waals surface area contributed by atoms with Gasteiger partial charge in [-0.3, -0.25) is 0 Å². The van der Waals surface area contributed by atoms with Crippen LogP contribution in [0.25, 0.3) is 0 Å². The molecule has 0 aliphatic rings. The molecule has 10 heavy (non-hydrogen) atoms. The Bertz CT molecular complexity index is 241. The Hall–Kier alpha value is -1.32. The predicted octanol–water partition coefficient (Wildman–Crippen LogP) is 0.266. The Morgan fingerprint density at radius 3 is 2.30 bits per heavy atom. The van der Waals surface area contributed by atoms with E-state index >= 15 is 0 Å². The van der Waals surface area contributed by atoms with Crippen molar-refractivity contribution < 1.29 is 15.1 Å². The summed E-state index contributed by atoms with van der Waals surface area (Å²) in [5.41, 5.74) is 0.583. The van der Waals surface area contributed by atoms with Gasteiger partial charge in [0.25, 0.3) is 0 Å². The number of aryl methyl sites for hydroxylation is 1. The van der Waals surface area contributed by atoms with Gasteiger partial charge in [-0.2, -0.15) is 0 Å². The number of nitrogens with zero attached hydrogens (tertiary/aromatic N) is 1. The summed E-state index contributed by atoms with van der Waals surface area (Å²) in [6.45, 7) is 1.67. The van der Waals surface area contributed by atoms with Crippen molar-refractivity contribution in [2.75, 3.05) is 7.11 Å². The second-order valence-electron chi connectivity index (χ2n) is 1.99. The maximum Gasteiger partial charge on any atom is 0.232 e. The van der Waals surface area contributed by atoms with Crippen molar-refractivity contribution in [2.45, 2.75) is 6.92 Å². The first kappa shape index (κ1) is 6.80. The van der Waals surface area contributed by atoms with Gasteiger partial charge in [-0.1, -0.05) is 0 Å². The zero-order chi connectivity index (χ0) is 7.72. The van der Waals surface area contributed by atoms with Crippen LogP contribution < -0.4 is 4.84 Å². The van der Waals surface area contributed by atoms with E-state index in [9.17, 15) is 0 Å². The highest BCUT2D eigenvalue weighted by Gasteiger charge is 2.09. The van der Waals surface area contributed by atoms with E-state index in [0.717, 1.165) is 4.73 Å². The first-order valence-corrected chi connectivity index (χ1v) is 2.81. The average molecular weight is 143 g/mol. The van der Waals surface area contributed by atoms with Gasteiger partial charge in [-0.15, -0.1) is 4.73 Å². The molecular weight excluding hydrogens is 134 g/mol. The number of hydrogen-bond acceptors (Lipinski definition) is 3. The van der Waals surface area contributed by atoms with E-state index in [1.54, 1.807) is 6.92 Å². The second kappa shape index (κ2) is 2.13. The lowest BCUT2D eigenvalue weighted by atomic mass is 10.4. The maximum absolute atomic E-state index is 9.10. The van der Waals surface area contributed by atoms with Crippen molar-refractivity contribution in [1.29, 1.82) is 0 Å². The summed E-state index contributed by atoms with van der Waals surface area (Å²) in [6.07, 6.45) is 0. The third-order valence-electron chi connectivity index (χ3n) is 1.28. The van der Waals surface area contributed by atoms with E-state index in [1.807, 2.05) is 0 Å². The van der Waals surface area contributed by atoms with E-state index in [0.29, 0.717) is 5.56 Å². The van der Waals surface area contributed by atoms with Gasteiger partial charge in [0.1, 0.15) is 7.11 Å². The molecule has 4 nitrogen and oxygen atoms in total. The van der Waals surface area contributed by atoms with Gasteiger partial charge in [-0.25, -0.2) is 0 Å². The molecule has 0 atom stereocenters. The van der Waals surface area contributed by atoms with Crippen LogP contribution in [0.15, 0.2) is 6.07 Å². The van der Waals surface area contributed by atoms with Crippen molar-refractivity contribution in [3.63, 3.8) is 0 Å². The Balaban J connectivity index is 3.20. The number of aromatic hydroxyl groups is 2. The van der Waals surface area contributed by atoms with Crippen LogP contribution in [-0.4, -0.2) is 22.1 Å². The van der Waals surface area contributed by atoms with Crippen LogP contribution in [0.2, 0.25) is 0 Å². The van der Waals surface area contributed by atoms with Crippen molar-refractivity contribution in [3.8, 4) is 11.8 Å². The van der Waals surface area contributed by atoms with Gasteiger partial charge in [0.15, 0.2) is 0 Å². The number of hydrogen-bond donors (Lipinski definition) is 2. The monoisotopic (exact) mass is 143 g/mol. The molecule has 0 spiro atoms. The minimum absolute atomic E-state index is 0.0694. The fraction of sp³-hybridized carbons (Fsp3) is 0.333. The quantitative estimate of drug-likeness (QED) is 0.593. The van der Waals surface area contributed by atoms with Gasteiger partial charge < -0.3 is 15.1 Å². The fourth-order valence-electron chi connectivity index (χ4n) is 0.765. The second-order valence-corrected chi connectivity index (χ2v) is 1.99. The molecule has 1 heterocycles. The van der Waals surface area contributed by atoms with Crippen molar-refractivity contribution >= 4 is 0 Å².